The van der Waals surface area contributed by atoms with E-state index in [1.54, 1.807) is 13.0 Å². The Hall–Kier alpha value is -3.45. The van der Waals surface area contributed by atoms with E-state index in [0.29, 0.717) is 28.1 Å². The molecular weight excluding hydrogens is 561 g/mol. The number of aromatic nitrogens is 5. The molecule has 0 saturated heterocycles. The Kier molecular flexibility index (Phi) is 5.99. The van der Waals surface area contributed by atoms with Crippen LogP contribution in [0.3, 0.4) is 0 Å². The molecule has 0 unspecified atom stereocenters. The summed E-state index contributed by atoms with van der Waals surface area (Å²) in [5.74, 6) is -0.577. The number of halogens is 4. The Morgan fingerprint density at radius 2 is 1.94 bits per heavy atom. The average molecular weight is 577 g/mol. The predicted octanol–water partition coefficient (Wildman–Crippen LogP) is 4.60. The van der Waals surface area contributed by atoms with Crippen molar-refractivity contribution in [2.24, 2.45) is 0 Å². The number of carbonyl (C=O) groups is 1. The van der Waals surface area contributed by atoms with Crippen molar-refractivity contribution >= 4 is 45.2 Å². The normalized spacial score (nSPS) is 15.7. The molecule has 1 amide bonds. The minimum atomic E-state index is -4.62. The molecule has 13 heteroatoms. The van der Waals surface area contributed by atoms with Crippen LogP contribution in [0, 0.1) is 4.77 Å². The van der Waals surface area contributed by atoms with Crippen LogP contribution in [0.15, 0.2) is 52.1 Å². The first-order valence-corrected chi connectivity index (χ1v) is 11.9. The van der Waals surface area contributed by atoms with Crippen LogP contribution >= 0.6 is 28.1 Å². The molecule has 0 bridgehead atoms. The number of H-pyrrole nitrogens is 1. The van der Waals surface area contributed by atoms with Crippen LogP contribution in [-0.4, -0.2) is 41.4 Å². The summed E-state index contributed by atoms with van der Waals surface area (Å²) in [6.07, 6.45) is 0.0752. The quantitative estimate of drug-likeness (QED) is 0.350. The van der Waals surface area contributed by atoms with Crippen molar-refractivity contribution in [3.63, 3.8) is 0 Å². The molecule has 1 atom stereocenters. The van der Waals surface area contributed by atoms with Crippen molar-refractivity contribution in [3.05, 3.63) is 84.8 Å². The largest absolute Gasteiger partial charge is 0.417 e. The SMILES string of the molecule is C[C@@H]1Cc2c([nH]c(=S)n(-c3cnc4nccnc4c3)c2=O)CN1C(=O)c1ccc(Br)c(C(F)(F)F)c1. The molecule has 1 aliphatic rings. The third kappa shape index (κ3) is 4.22. The molecule has 0 radical (unpaired) electrons. The second-order valence-corrected chi connectivity index (χ2v) is 9.54. The van der Waals surface area contributed by atoms with Gasteiger partial charge in [-0.1, -0.05) is 15.9 Å². The molecule has 36 heavy (non-hydrogen) atoms. The van der Waals surface area contributed by atoms with Crippen LogP contribution in [0.25, 0.3) is 16.9 Å². The van der Waals surface area contributed by atoms with Gasteiger partial charge in [-0.25, -0.2) is 9.97 Å². The number of carbonyl (C=O) groups excluding carboxylic acids is 1. The number of amides is 1. The maximum absolute atomic E-state index is 13.4. The second-order valence-electron chi connectivity index (χ2n) is 8.30. The molecule has 8 nitrogen and oxygen atoms in total. The van der Waals surface area contributed by atoms with E-state index in [-0.39, 0.29) is 33.3 Å². The van der Waals surface area contributed by atoms with E-state index in [4.69, 9.17) is 12.2 Å². The molecule has 184 valence electrons. The Labute approximate surface area is 215 Å². The summed E-state index contributed by atoms with van der Waals surface area (Å²) in [6.45, 7) is 1.73. The maximum atomic E-state index is 13.4. The fourth-order valence-electron chi connectivity index (χ4n) is 4.21. The van der Waals surface area contributed by atoms with Crippen molar-refractivity contribution in [1.29, 1.82) is 0 Å². The standard InChI is InChI=1S/C23H16BrF3N6O2S/c1-11-6-14-18(10-32(11)20(34)12-2-3-16(24)15(7-12)23(25,26)27)31-22(36)33(21(14)35)13-8-17-19(30-9-13)29-5-4-28-17/h2-5,7-9,11H,6,10H2,1H3,(H,31,36)/t11-/m1/s1. The number of nitrogens with one attached hydrogen (secondary N) is 1. The minimum Gasteiger partial charge on any atom is -0.333 e. The van der Waals surface area contributed by atoms with E-state index in [1.807, 2.05) is 0 Å². The molecular formula is C23H16BrF3N6O2S. The Balaban J connectivity index is 1.52. The number of benzene rings is 1. The van der Waals surface area contributed by atoms with Crippen molar-refractivity contribution < 1.29 is 18.0 Å². The summed E-state index contributed by atoms with van der Waals surface area (Å²) in [5, 5.41) is 0. The summed E-state index contributed by atoms with van der Waals surface area (Å²) >= 11 is 8.33. The number of hydrogen-bond donors (Lipinski definition) is 1. The molecule has 1 aromatic carbocycles. The number of aromatic amines is 1. The second kappa shape index (κ2) is 8.89. The maximum Gasteiger partial charge on any atom is 0.417 e. The van der Waals surface area contributed by atoms with Crippen LogP contribution in [0.2, 0.25) is 0 Å². The molecule has 0 fully saturated rings. The lowest BCUT2D eigenvalue weighted by atomic mass is 9.98. The molecule has 4 heterocycles. The third-order valence-corrected chi connectivity index (χ3v) is 6.97. The number of alkyl halides is 3. The minimum absolute atomic E-state index is 0.00604. The molecule has 0 saturated carbocycles. The summed E-state index contributed by atoms with van der Waals surface area (Å²) in [6, 6.07) is 4.56. The number of rotatable bonds is 2. The zero-order valence-corrected chi connectivity index (χ0v) is 20.9. The van der Waals surface area contributed by atoms with E-state index >= 15 is 0 Å². The summed E-state index contributed by atoms with van der Waals surface area (Å²) in [4.78, 5) is 43.6. The number of hydrogen-bond acceptors (Lipinski definition) is 6. The Morgan fingerprint density at radius 3 is 2.69 bits per heavy atom. The summed E-state index contributed by atoms with van der Waals surface area (Å²) in [5.41, 5.74) is 0.808. The zero-order chi connectivity index (χ0) is 25.8. The van der Waals surface area contributed by atoms with Gasteiger partial charge in [0.1, 0.15) is 5.52 Å². The van der Waals surface area contributed by atoms with Crippen LogP contribution in [0.4, 0.5) is 13.2 Å². The van der Waals surface area contributed by atoms with E-state index in [2.05, 4.69) is 35.9 Å². The van der Waals surface area contributed by atoms with Gasteiger partial charge in [0, 0.05) is 39.7 Å². The zero-order valence-electron chi connectivity index (χ0n) is 18.5. The van der Waals surface area contributed by atoms with Crippen molar-refractivity contribution in [1.82, 2.24) is 29.4 Å². The average Bonchev–Trinajstić information content (AvgIpc) is 2.83. The number of nitrogens with zero attached hydrogens (tertiary/aromatic N) is 5. The van der Waals surface area contributed by atoms with Gasteiger partial charge < -0.3 is 9.88 Å². The first kappa shape index (κ1) is 24.3. The highest BCUT2D eigenvalue weighted by Gasteiger charge is 2.35. The molecule has 3 aromatic heterocycles. The van der Waals surface area contributed by atoms with Gasteiger partial charge in [-0.3, -0.25) is 19.1 Å². The van der Waals surface area contributed by atoms with E-state index in [9.17, 15) is 22.8 Å². The first-order chi connectivity index (χ1) is 17.0. The summed E-state index contributed by atoms with van der Waals surface area (Å²) in [7, 11) is 0. The van der Waals surface area contributed by atoms with Gasteiger partial charge in [-0.15, -0.1) is 0 Å². The number of pyridine rings is 1. The molecule has 1 N–H and O–H groups in total. The van der Waals surface area contributed by atoms with Gasteiger partial charge >= 0.3 is 6.18 Å². The van der Waals surface area contributed by atoms with Crippen molar-refractivity contribution in [2.75, 3.05) is 0 Å². The predicted molar refractivity (Wildman–Crippen MR) is 130 cm³/mol. The lowest BCUT2D eigenvalue weighted by Crippen LogP contribution is -2.45. The number of fused-ring (bicyclic) bond motifs is 2. The van der Waals surface area contributed by atoms with Crippen LogP contribution < -0.4 is 5.56 Å². The molecule has 1 aliphatic heterocycles. The highest BCUT2D eigenvalue weighted by atomic mass is 79.9. The third-order valence-electron chi connectivity index (χ3n) is 5.99. The lowest BCUT2D eigenvalue weighted by Gasteiger charge is -2.34. The molecule has 0 spiro atoms. The fraction of sp³-hybridized carbons (Fsp3) is 0.217. The van der Waals surface area contributed by atoms with Crippen LogP contribution in [0.5, 0.6) is 0 Å². The van der Waals surface area contributed by atoms with Gasteiger partial charge in [-0.2, -0.15) is 13.2 Å². The van der Waals surface area contributed by atoms with Gasteiger partial charge in [0.25, 0.3) is 11.5 Å². The highest BCUT2D eigenvalue weighted by molar-refractivity contribution is 9.10. The smallest absolute Gasteiger partial charge is 0.333 e. The van der Waals surface area contributed by atoms with Crippen LogP contribution in [0.1, 0.15) is 34.1 Å². The van der Waals surface area contributed by atoms with Crippen molar-refractivity contribution in [3.8, 4) is 5.69 Å². The Morgan fingerprint density at radius 1 is 1.19 bits per heavy atom. The van der Waals surface area contributed by atoms with E-state index < -0.39 is 23.7 Å². The molecule has 4 aromatic rings. The van der Waals surface area contributed by atoms with Crippen LogP contribution in [-0.2, 0) is 19.1 Å². The molecule has 0 aliphatic carbocycles. The monoisotopic (exact) mass is 576 g/mol. The van der Waals surface area contributed by atoms with Crippen molar-refractivity contribution in [2.45, 2.75) is 32.1 Å². The fourth-order valence-corrected chi connectivity index (χ4v) is 4.99. The highest BCUT2D eigenvalue weighted by Crippen LogP contribution is 2.36. The summed E-state index contributed by atoms with van der Waals surface area (Å²) < 4.78 is 41.3. The van der Waals surface area contributed by atoms with E-state index in [0.717, 1.165) is 6.07 Å². The van der Waals surface area contributed by atoms with Gasteiger partial charge in [0.2, 0.25) is 0 Å². The lowest BCUT2D eigenvalue weighted by molar-refractivity contribution is -0.138. The van der Waals surface area contributed by atoms with Gasteiger partial charge in [-0.05, 0) is 49.8 Å². The Bertz CT molecular complexity index is 1650. The molecule has 5 rings (SSSR count). The van der Waals surface area contributed by atoms with E-state index in [1.165, 1.54) is 40.2 Å². The first-order valence-electron chi connectivity index (χ1n) is 10.7. The topological polar surface area (TPSA) is 96.8 Å². The van der Waals surface area contributed by atoms with Gasteiger partial charge in [0.05, 0.1) is 24.0 Å². The van der Waals surface area contributed by atoms with Gasteiger partial charge in [0.15, 0.2) is 10.4 Å².